The Labute approximate surface area is 140 Å². The van der Waals surface area contributed by atoms with Gasteiger partial charge in [-0.25, -0.2) is 0 Å². The number of hydrogen-bond donors (Lipinski definition) is 1. The second-order valence-electron chi connectivity index (χ2n) is 6.22. The van der Waals surface area contributed by atoms with E-state index in [1.807, 2.05) is 0 Å². The van der Waals surface area contributed by atoms with Crippen molar-refractivity contribution in [1.82, 2.24) is 10.1 Å². The van der Waals surface area contributed by atoms with Crippen molar-refractivity contribution in [1.29, 1.82) is 0 Å². The van der Waals surface area contributed by atoms with Crippen molar-refractivity contribution >= 4 is 28.4 Å². The molecular weight excluding hydrogens is 347 g/mol. The highest BCUT2D eigenvalue weighted by molar-refractivity contribution is 6.33. The fourth-order valence-corrected chi connectivity index (χ4v) is 3.76. The number of nitrogens with zero attached hydrogens (tertiary/aromatic N) is 2. The lowest BCUT2D eigenvalue weighted by Gasteiger charge is -2.44. The largest absolute Gasteiger partial charge is 0.573 e. The van der Waals surface area contributed by atoms with Crippen LogP contribution in [-0.4, -0.2) is 42.1 Å². The molecule has 5 nitrogen and oxygen atoms in total. The highest BCUT2D eigenvalue weighted by atomic mass is 35.5. The summed E-state index contributed by atoms with van der Waals surface area (Å²) in [6.45, 7) is 3.10. The van der Waals surface area contributed by atoms with E-state index in [1.54, 1.807) is 6.07 Å². The summed E-state index contributed by atoms with van der Waals surface area (Å²) in [5.41, 5.74) is -0.108. The fourth-order valence-electron chi connectivity index (χ4n) is 3.58. The summed E-state index contributed by atoms with van der Waals surface area (Å²) in [5, 5.41) is 7.46. The first-order valence-electron chi connectivity index (χ1n) is 7.73. The summed E-state index contributed by atoms with van der Waals surface area (Å²) in [6, 6.07) is 3.15. The number of alkyl halides is 3. The van der Waals surface area contributed by atoms with Gasteiger partial charge in [0.2, 0.25) is 5.58 Å². The average molecular weight is 362 g/mol. The highest BCUT2D eigenvalue weighted by Crippen LogP contribution is 2.40. The van der Waals surface area contributed by atoms with Crippen LogP contribution >= 0.6 is 11.6 Å². The number of aromatic nitrogens is 1. The molecule has 3 saturated heterocycles. The van der Waals surface area contributed by atoms with Gasteiger partial charge in [0.15, 0.2) is 11.6 Å². The third-order valence-corrected chi connectivity index (χ3v) is 5.04. The van der Waals surface area contributed by atoms with E-state index in [4.69, 9.17) is 16.1 Å². The van der Waals surface area contributed by atoms with E-state index >= 15 is 0 Å². The molecule has 0 saturated carbocycles. The number of ether oxygens (including phenoxy) is 1. The van der Waals surface area contributed by atoms with Gasteiger partial charge < -0.3 is 19.5 Å². The van der Waals surface area contributed by atoms with Gasteiger partial charge in [-0.05, 0) is 44.0 Å². The second kappa shape index (κ2) is 5.70. The summed E-state index contributed by atoms with van der Waals surface area (Å²) in [4.78, 5) is 2.37. The van der Waals surface area contributed by atoms with E-state index in [2.05, 4.69) is 20.1 Å². The van der Waals surface area contributed by atoms with E-state index < -0.39 is 12.1 Å². The van der Waals surface area contributed by atoms with Gasteiger partial charge in [0.1, 0.15) is 0 Å². The second-order valence-corrected chi connectivity index (χ2v) is 6.63. The van der Waals surface area contributed by atoms with E-state index in [0.29, 0.717) is 17.1 Å². The quantitative estimate of drug-likeness (QED) is 0.899. The molecule has 0 aliphatic carbocycles. The van der Waals surface area contributed by atoms with Crippen LogP contribution in [0.15, 0.2) is 16.7 Å². The molecule has 0 spiro atoms. The number of hydrogen-bond acceptors (Lipinski definition) is 5. The number of benzene rings is 1. The average Bonchev–Trinajstić information content (AvgIpc) is 2.93. The molecule has 1 atom stereocenters. The topological polar surface area (TPSA) is 50.5 Å². The number of piperidine rings is 3. The molecule has 0 radical (unpaired) electrons. The number of nitrogens with one attached hydrogen (secondary N) is 1. The van der Waals surface area contributed by atoms with Crippen molar-refractivity contribution in [3.05, 3.63) is 17.2 Å². The maximum atomic E-state index is 12.6. The molecule has 130 valence electrons. The Morgan fingerprint density at radius 1 is 1.29 bits per heavy atom. The summed E-state index contributed by atoms with van der Waals surface area (Å²) in [7, 11) is 0. The first-order valence-corrected chi connectivity index (χ1v) is 8.11. The number of anilines is 1. The molecule has 3 fully saturated rings. The molecule has 4 heterocycles. The minimum absolute atomic E-state index is 0.108. The SMILES string of the molecule is FC(F)(F)Oc1c(Cl)ccc2c(NC3CN4CCC3CC4)noc12. The summed E-state index contributed by atoms with van der Waals surface area (Å²) in [6.07, 6.45) is -2.63. The molecule has 5 rings (SSSR count). The van der Waals surface area contributed by atoms with Crippen LogP contribution in [0.5, 0.6) is 5.75 Å². The van der Waals surface area contributed by atoms with E-state index in [0.717, 1.165) is 32.5 Å². The standard InChI is InChI=1S/C15H15ClF3N3O2/c16-10-2-1-9-12(13(10)23-15(17,18)19)24-21-14(9)20-11-7-22-5-3-8(11)4-6-22/h1-2,8,11H,3-7H2,(H,20,21). The minimum atomic E-state index is -4.85. The van der Waals surface area contributed by atoms with E-state index in [-0.39, 0.29) is 16.6 Å². The van der Waals surface area contributed by atoms with Crippen LogP contribution in [0.2, 0.25) is 5.02 Å². The van der Waals surface area contributed by atoms with Crippen molar-refractivity contribution in [2.45, 2.75) is 25.2 Å². The number of fused-ring (bicyclic) bond motifs is 4. The zero-order valence-electron chi connectivity index (χ0n) is 12.6. The van der Waals surface area contributed by atoms with Gasteiger partial charge in [-0.3, -0.25) is 0 Å². The lowest BCUT2D eigenvalue weighted by atomic mass is 9.84. The molecule has 1 unspecified atom stereocenters. The van der Waals surface area contributed by atoms with Crippen LogP contribution < -0.4 is 10.1 Å². The molecule has 1 aromatic carbocycles. The van der Waals surface area contributed by atoms with E-state index in [9.17, 15) is 13.2 Å². The first-order chi connectivity index (χ1) is 11.4. The van der Waals surface area contributed by atoms with E-state index in [1.165, 1.54) is 6.07 Å². The monoisotopic (exact) mass is 361 g/mol. The maximum Gasteiger partial charge on any atom is 0.573 e. The molecule has 0 amide bonds. The molecule has 2 bridgehead atoms. The van der Waals surface area contributed by atoms with Crippen molar-refractivity contribution in [3.8, 4) is 5.75 Å². The Kier molecular flexibility index (Phi) is 3.76. The number of rotatable bonds is 3. The van der Waals surface area contributed by atoms with Crippen molar-refractivity contribution in [2.75, 3.05) is 25.0 Å². The third-order valence-electron chi connectivity index (χ3n) is 4.74. The fraction of sp³-hybridized carbons (Fsp3) is 0.533. The Hall–Kier alpha value is -1.67. The zero-order valence-corrected chi connectivity index (χ0v) is 13.3. The van der Waals surface area contributed by atoms with Crippen LogP contribution in [0.3, 0.4) is 0 Å². The molecule has 1 aromatic heterocycles. The Morgan fingerprint density at radius 3 is 2.67 bits per heavy atom. The predicted octanol–water partition coefficient (Wildman–Crippen LogP) is 3.89. The smallest absolute Gasteiger partial charge is 0.400 e. The van der Waals surface area contributed by atoms with Gasteiger partial charge >= 0.3 is 6.36 Å². The maximum absolute atomic E-state index is 12.6. The van der Waals surface area contributed by atoms with Crippen molar-refractivity contribution in [2.24, 2.45) is 5.92 Å². The lowest BCUT2D eigenvalue weighted by Crippen LogP contribution is -2.53. The van der Waals surface area contributed by atoms with Crippen LogP contribution in [0.1, 0.15) is 12.8 Å². The zero-order chi connectivity index (χ0) is 16.9. The van der Waals surface area contributed by atoms with Crippen molar-refractivity contribution in [3.63, 3.8) is 0 Å². The lowest BCUT2D eigenvalue weighted by molar-refractivity contribution is -0.274. The van der Waals surface area contributed by atoms with Gasteiger partial charge in [-0.2, -0.15) is 0 Å². The molecule has 9 heteroatoms. The minimum Gasteiger partial charge on any atom is -0.400 e. The molecule has 1 N–H and O–H groups in total. The highest BCUT2D eigenvalue weighted by Gasteiger charge is 2.36. The van der Waals surface area contributed by atoms with Gasteiger partial charge in [0.25, 0.3) is 0 Å². The summed E-state index contributed by atoms with van der Waals surface area (Å²) in [5.74, 6) is 0.406. The van der Waals surface area contributed by atoms with Crippen LogP contribution in [0.4, 0.5) is 19.0 Å². The molecule has 3 aliphatic rings. The van der Waals surface area contributed by atoms with Gasteiger partial charge in [-0.15, -0.1) is 13.2 Å². The molecule has 2 aromatic rings. The predicted molar refractivity (Wildman–Crippen MR) is 82.3 cm³/mol. The van der Waals surface area contributed by atoms with Gasteiger partial charge in [-0.1, -0.05) is 16.8 Å². The van der Waals surface area contributed by atoms with Crippen LogP contribution in [0, 0.1) is 5.92 Å². The van der Waals surface area contributed by atoms with Crippen molar-refractivity contribution < 1.29 is 22.4 Å². The van der Waals surface area contributed by atoms with Gasteiger partial charge in [0.05, 0.1) is 10.4 Å². The normalized spacial score (nSPS) is 26.8. The molecule has 3 aliphatic heterocycles. The Balaban J connectivity index is 1.64. The summed E-state index contributed by atoms with van der Waals surface area (Å²) >= 11 is 5.82. The number of halogens is 4. The first kappa shape index (κ1) is 15.8. The Bertz CT molecular complexity index is 756. The Morgan fingerprint density at radius 2 is 2.04 bits per heavy atom. The van der Waals surface area contributed by atoms with Gasteiger partial charge in [0, 0.05) is 12.6 Å². The molecule has 24 heavy (non-hydrogen) atoms. The molecular formula is C15H15ClF3N3O2. The summed E-state index contributed by atoms with van der Waals surface area (Å²) < 4.78 is 46.8. The third kappa shape index (κ3) is 2.88. The van der Waals surface area contributed by atoms with Crippen LogP contribution in [0.25, 0.3) is 11.0 Å². The van der Waals surface area contributed by atoms with Crippen LogP contribution in [-0.2, 0) is 0 Å².